The lowest BCUT2D eigenvalue weighted by molar-refractivity contribution is -0.110. The van der Waals surface area contributed by atoms with E-state index < -0.39 is 11.4 Å². The van der Waals surface area contributed by atoms with E-state index in [2.05, 4.69) is 32.5 Å². The first kappa shape index (κ1) is 21.8. The molecule has 0 radical (unpaired) electrons. The first-order chi connectivity index (χ1) is 15.8. The largest absolute Gasteiger partial charge is 0.420 e. The van der Waals surface area contributed by atoms with Crippen molar-refractivity contribution < 1.29 is 18.3 Å². The van der Waals surface area contributed by atoms with Crippen LogP contribution in [0.2, 0.25) is 5.02 Å². The van der Waals surface area contributed by atoms with Gasteiger partial charge >= 0.3 is 6.03 Å². The van der Waals surface area contributed by atoms with Crippen LogP contribution in [-0.2, 0) is 23.9 Å². The normalized spacial score (nSPS) is 24.0. The smallest absolute Gasteiger partial charge is 0.323 e. The predicted molar refractivity (Wildman–Crippen MR) is 116 cm³/mol. The molecule has 1 saturated carbocycles. The molecule has 2 bridgehead atoms. The van der Waals surface area contributed by atoms with Crippen LogP contribution in [0.15, 0.2) is 22.9 Å². The van der Waals surface area contributed by atoms with Gasteiger partial charge in [-0.1, -0.05) is 18.5 Å². The number of carbonyl (C=O) groups excluding carboxylic acids is 1. The molecule has 1 aliphatic heterocycles. The number of anilines is 1. The number of methoxy groups -OCH3 is 1. The van der Waals surface area contributed by atoms with Gasteiger partial charge in [-0.3, -0.25) is 4.68 Å². The maximum absolute atomic E-state index is 14.6. The second kappa shape index (κ2) is 8.07. The maximum atomic E-state index is 14.6. The van der Waals surface area contributed by atoms with Gasteiger partial charge in [0.2, 0.25) is 11.8 Å². The monoisotopic (exact) mass is 475 g/mol. The zero-order valence-corrected chi connectivity index (χ0v) is 19.1. The average Bonchev–Trinajstić information content (AvgIpc) is 3.39. The van der Waals surface area contributed by atoms with Crippen molar-refractivity contribution >= 4 is 23.3 Å². The summed E-state index contributed by atoms with van der Waals surface area (Å²) < 4.78 is 27.0. The summed E-state index contributed by atoms with van der Waals surface area (Å²) in [5.74, 6) is 0.732. The predicted octanol–water partition coefficient (Wildman–Crippen LogP) is 3.74. The van der Waals surface area contributed by atoms with Crippen LogP contribution in [-0.4, -0.2) is 49.0 Å². The molecule has 1 aliphatic carbocycles. The molecule has 1 saturated heterocycles. The third kappa shape index (κ3) is 3.65. The van der Waals surface area contributed by atoms with Crippen molar-refractivity contribution in [1.82, 2.24) is 29.9 Å². The standard InChI is InChI=1S/C21H23ClFN7O3/c1-11-4-13-8-21(7-11,19-27-26-16(33-19)9-32-3)30(13)20(31)25-12-5-14(17(22)15(23)6-12)18-24-10-29(2)28-18/h5-6,10-11,13H,4,7-9H2,1-3H3,(H,25,31)/t11-,13?,21?/m1/s1. The molecule has 5 rings (SSSR count). The van der Waals surface area contributed by atoms with Gasteiger partial charge in [-0.05, 0) is 30.9 Å². The molecule has 10 nitrogen and oxygen atoms in total. The Morgan fingerprint density at radius 2 is 2.21 bits per heavy atom. The van der Waals surface area contributed by atoms with Gasteiger partial charge in [0.05, 0.1) is 5.02 Å². The van der Waals surface area contributed by atoms with E-state index in [1.54, 1.807) is 25.1 Å². The van der Waals surface area contributed by atoms with E-state index in [9.17, 15) is 9.18 Å². The molecular weight excluding hydrogens is 453 g/mol. The van der Waals surface area contributed by atoms with Crippen LogP contribution in [0.25, 0.3) is 11.4 Å². The van der Waals surface area contributed by atoms with E-state index in [4.69, 9.17) is 20.8 Å². The molecule has 2 amide bonds. The van der Waals surface area contributed by atoms with Crippen LogP contribution in [0.3, 0.4) is 0 Å². The minimum Gasteiger partial charge on any atom is -0.420 e. The first-order valence-electron chi connectivity index (χ1n) is 10.6. The second-order valence-electron chi connectivity index (χ2n) is 8.73. The second-order valence-corrected chi connectivity index (χ2v) is 9.11. The Balaban J connectivity index is 1.44. The minimum absolute atomic E-state index is 0.0283. The Kier molecular flexibility index (Phi) is 5.32. The fourth-order valence-electron chi connectivity index (χ4n) is 5.04. The number of piperidine rings is 1. The van der Waals surface area contributed by atoms with Crippen LogP contribution in [0, 0.1) is 11.7 Å². The summed E-state index contributed by atoms with van der Waals surface area (Å²) >= 11 is 6.15. The van der Waals surface area contributed by atoms with Crippen molar-refractivity contribution in [1.29, 1.82) is 0 Å². The highest BCUT2D eigenvalue weighted by atomic mass is 35.5. The number of urea groups is 1. The highest BCUT2D eigenvalue weighted by Gasteiger charge is 2.62. The van der Waals surface area contributed by atoms with Crippen LogP contribution in [0.4, 0.5) is 14.9 Å². The molecule has 3 aromatic rings. The molecule has 3 atom stereocenters. The van der Waals surface area contributed by atoms with E-state index in [-0.39, 0.29) is 35.2 Å². The molecule has 2 aromatic heterocycles. The van der Waals surface area contributed by atoms with Gasteiger partial charge in [0.1, 0.15) is 24.3 Å². The topological polar surface area (TPSA) is 111 Å². The fourth-order valence-corrected chi connectivity index (χ4v) is 5.24. The Morgan fingerprint density at radius 3 is 2.94 bits per heavy atom. The fraction of sp³-hybridized carbons (Fsp3) is 0.476. The number of amides is 2. The number of fused-ring (bicyclic) bond motifs is 2. The molecular formula is C21H23ClFN7O3. The number of nitrogens with one attached hydrogen (secondary N) is 1. The number of halogens is 2. The number of aromatic nitrogens is 5. The quantitative estimate of drug-likeness (QED) is 0.598. The van der Waals surface area contributed by atoms with Crippen LogP contribution in [0.1, 0.15) is 38.0 Å². The summed E-state index contributed by atoms with van der Waals surface area (Å²) in [5.41, 5.74) is -0.147. The number of aryl methyl sites for hydroxylation is 1. The minimum atomic E-state index is -0.693. The number of rotatable bonds is 5. The summed E-state index contributed by atoms with van der Waals surface area (Å²) in [7, 11) is 3.25. The third-order valence-corrected chi connectivity index (χ3v) is 6.62. The molecule has 12 heteroatoms. The Hall–Kier alpha value is -3.05. The van der Waals surface area contributed by atoms with Gasteiger partial charge in [-0.25, -0.2) is 14.2 Å². The zero-order valence-electron chi connectivity index (χ0n) is 18.4. The highest BCUT2D eigenvalue weighted by molar-refractivity contribution is 6.33. The Bertz CT molecular complexity index is 1210. The Labute approximate surface area is 194 Å². The van der Waals surface area contributed by atoms with E-state index >= 15 is 0 Å². The van der Waals surface area contributed by atoms with E-state index in [0.717, 1.165) is 12.8 Å². The van der Waals surface area contributed by atoms with Crippen molar-refractivity contribution in [3.8, 4) is 11.4 Å². The lowest BCUT2D eigenvalue weighted by Crippen LogP contribution is -2.70. The van der Waals surface area contributed by atoms with E-state index in [0.29, 0.717) is 29.7 Å². The molecule has 2 unspecified atom stereocenters. The van der Waals surface area contributed by atoms with Gasteiger partial charge in [0.15, 0.2) is 5.82 Å². The Morgan fingerprint density at radius 1 is 1.39 bits per heavy atom. The molecule has 33 heavy (non-hydrogen) atoms. The highest BCUT2D eigenvalue weighted by Crippen LogP contribution is 2.55. The van der Waals surface area contributed by atoms with Crippen LogP contribution >= 0.6 is 11.6 Å². The lowest BCUT2D eigenvalue weighted by atomic mass is 9.64. The lowest BCUT2D eigenvalue weighted by Gasteiger charge is -2.61. The van der Waals surface area contributed by atoms with Gasteiger partial charge < -0.3 is 19.4 Å². The molecule has 2 aliphatic rings. The molecule has 174 valence electrons. The zero-order chi connectivity index (χ0) is 23.3. The number of likely N-dealkylation sites (tertiary alicyclic amines) is 1. The molecule has 1 N–H and O–H groups in total. The number of carbonyl (C=O) groups is 1. The number of benzene rings is 1. The van der Waals surface area contributed by atoms with Gasteiger partial charge in [-0.2, -0.15) is 5.10 Å². The average molecular weight is 476 g/mol. The van der Waals surface area contributed by atoms with Crippen molar-refractivity contribution in [3.63, 3.8) is 0 Å². The number of hydrogen-bond donors (Lipinski definition) is 1. The maximum Gasteiger partial charge on any atom is 0.323 e. The van der Waals surface area contributed by atoms with Crippen molar-refractivity contribution in [2.24, 2.45) is 13.0 Å². The summed E-state index contributed by atoms with van der Waals surface area (Å²) in [5, 5.41) is 15.1. The summed E-state index contributed by atoms with van der Waals surface area (Å²) in [6, 6.07) is 2.40. The SMILES string of the molecule is COCc1nnc(C23CC(C[C@@H](C)C2)N3C(=O)Nc2cc(F)c(Cl)c(-c3ncn(C)n3)c2)o1. The van der Waals surface area contributed by atoms with E-state index in [1.807, 2.05) is 0 Å². The summed E-state index contributed by atoms with van der Waals surface area (Å²) in [4.78, 5) is 19.3. The summed E-state index contributed by atoms with van der Waals surface area (Å²) in [6.07, 6.45) is 3.79. The first-order valence-corrected chi connectivity index (χ1v) is 11.0. The van der Waals surface area contributed by atoms with Gasteiger partial charge in [0, 0.05) is 37.9 Å². The van der Waals surface area contributed by atoms with Crippen molar-refractivity contribution in [2.75, 3.05) is 12.4 Å². The van der Waals surface area contributed by atoms with Crippen molar-refractivity contribution in [3.05, 3.63) is 41.1 Å². The van der Waals surface area contributed by atoms with E-state index in [1.165, 1.54) is 17.1 Å². The summed E-state index contributed by atoms with van der Waals surface area (Å²) in [6.45, 7) is 2.34. The number of ether oxygens (including phenoxy) is 1. The molecule has 0 spiro atoms. The van der Waals surface area contributed by atoms with Crippen molar-refractivity contribution in [2.45, 2.75) is 44.4 Å². The van der Waals surface area contributed by atoms with Crippen LogP contribution < -0.4 is 5.32 Å². The number of hydrogen-bond acceptors (Lipinski definition) is 7. The van der Waals surface area contributed by atoms with Gasteiger partial charge in [0.25, 0.3) is 0 Å². The number of nitrogens with zero attached hydrogens (tertiary/aromatic N) is 6. The van der Waals surface area contributed by atoms with Crippen LogP contribution in [0.5, 0.6) is 0 Å². The molecule has 1 aromatic carbocycles. The van der Waals surface area contributed by atoms with Gasteiger partial charge in [-0.15, -0.1) is 10.2 Å². The molecule has 3 heterocycles. The molecule has 2 fully saturated rings. The third-order valence-electron chi connectivity index (χ3n) is 6.23.